The molecule has 7 heteroatoms. The van der Waals surface area contributed by atoms with E-state index in [0.717, 1.165) is 12.1 Å². The number of hydrogen-bond donors (Lipinski definition) is 1. The smallest absolute Gasteiger partial charge is 0.325 e. The molecule has 2 N–H and O–H groups in total. The van der Waals surface area contributed by atoms with E-state index in [1.165, 1.54) is 0 Å². The highest BCUT2D eigenvalue weighted by Crippen LogP contribution is 2.30. The van der Waals surface area contributed by atoms with Crippen molar-refractivity contribution in [3.05, 3.63) is 28.5 Å². The highest BCUT2D eigenvalue weighted by atomic mass is 35.5. The lowest BCUT2D eigenvalue weighted by Gasteiger charge is -2.07. The monoisotopic (exact) mass is 246 g/mol. The van der Waals surface area contributed by atoms with Gasteiger partial charge < -0.3 is 5.73 Å². The Bertz CT molecular complexity index is 314. The number of hydrogen-bond acceptors (Lipinski definition) is 2. The third-order valence-electron chi connectivity index (χ3n) is 1.38. The molecule has 1 aromatic heterocycles. The van der Waals surface area contributed by atoms with Crippen molar-refractivity contribution < 1.29 is 13.2 Å². The first-order valence-electron chi connectivity index (χ1n) is 3.37. The van der Waals surface area contributed by atoms with Crippen LogP contribution < -0.4 is 5.73 Å². The van der Waals surface area contributed by atoms with E-state index in [4.69, 9.17) is 17.3 Å². The molecule has 0 saturated carbocycles. The van der Waals surface area contributed by atoms with Crippen LogP contribution >= 0.6 is 24.0 Å². The van der Waals surface area contributed by atoms with Gasteiger partial charge in [0.15, 0.2) is 0 Å². The fraction of sp³-hybridized carbons (Fsp3) is 0.286. The van der Waals surface area contributed by atoms with Crippen molar-refractivity contribution in [2.24, 2.45) is 5.73 Å². The van der Waals surface area contributed by atoms with Crippen molar-refractivity contribution in [2.45, 2.75) is 12.7 Å². The molecule has 0 aromatic carbocycles. The summed E-state index contributed by atoms with van der Waals surface area (Å²) in [6, 6.07) is 1.65. The Kier molecular flexibility index (Phi) is 4.64. The molecule has 0 fully saturated rings. The van der Waals surface area contributed by atoms with Crippen LogP contribution in [0.1, 0.15) is 11.3 Å². The van der Waals surface area contributed by atoms with Gasteiger partial charge in [0.2, 0.25) is 0 Å². The molecule has 0 amide bonds. The molecule has 80 valence electrons. The van der Waals surface area contributed by atoms with Gasteiger partial charge >= 0.3 is 6.18 Å². The molecule has 1 rings (SSSR count). The minimum atomic E-state index is -4.41. The summed E-state index contributed by atoms with van der Waals surface area (Å²) in [5, 5.41) is -0.199. The lowest BCUT2D eigenvalue weighted by atomic mass is 10.2. The predicted octanol–water partition coefficient (Wildman–Crippen LogP) is 2.63. The maximum Gasteiger partial charge on any atom is 0.416 e. The first-order valence-corrected chi connectivity index (χ1v) is 3.75. The molecule has 2 nitrogen and oxygen atoms in total. The maximum absolute atomic E-state index is 12.2. The lowest BCUT2D eigenvalue weighted by molar-refractivity contribution is -0.137. The number of aromatic nitrogens is 1. The van der Waals surface area contributed by atoms with Crippen LogP contribution in [0.4, 0.5) is 13.2 Å². The van der Waals surface area contributed by atoms with Crippen LogP contribution in [0, 0.1) is 0 Å². The van der Waals surface area contributed by atoms with Crippen molar-refractivity contribution in [2.75, 3.05) is 0 Å². The summed E-state index contributed by atoms with van der Waals surface area (Å²) in [5.41, 5.74) is 4.44. The van der Waals surface area contributed by atoms with Gasteiger partial charge in [-0.25, -0.2) is 4.98 Å². The second-order valence-corrected chi connectivity index (χ2v) is 2.76. The van der Waals surface area contributed by atoms with Gasteiger partial charge in [0.25, 0.3) is 0 Å². The van der Waals surface area contributed by atoms with Gasteiger partial charge in [-0.05, 0) is 12.1 Å². The topological polar surface area (TPSA) is 38.9 Å². The quantitative estimate of drug-likeness (QED) is 0.774. The SMILES string of the molecule is Cl.NCc1cc(C(F)(F)F)cc(Cl)n1. The van der Waals surface area contributed by atoms with Crippen molar-refractivity contribution in [3.63, 3.8) is 0 Å². The van der Waals surface area contributed by atoms with Gasteiger partial charge in [0.05, 0.1) is 11.3 Å². The normalized spacial score (nSPS) is 10.9. The third-order valence-corrected chi connectivity index (χ3v) is 1.58. The molecule has 1 aromatic rings. The third kappa shape index (κ3) is 3.32. The van der Waals surface area contributed by atoms with E-state index in [9.17, 15) is 13.2 Å². The Morgan fingerprint density at radius 3 is 2.36 bits per heavy atom. The Labute approximate surface area is 89.7 Å². The molecule has 0 radical (unpaired) electrons. The van der Waals surface area contributed by atoms with E-state index in [-0.39, 0.29) is 29.8 Å². The van der Waals surface area contributed by atoms with Gasteiger partial charge in [0, 0.05) is 6.54 Å². The largest absolute Gasteiger partial charge is 0.416 e. The highest BCUT2D eigenvalue weighted by molar-refractivity contribution is 6.29. The van der Waals surface area contributed by atoms with E-state index in [2.05, 4.69) is 4.98 Å². The second-order valence-electron chi connectivity index (χ2n) is 2.37. The number of alkyl halides is 3. The Balaban J connectivity index is 0.00000169. The standard InChI is InChI=1S/C7H6ClF3N2.ClH/c8-6-2-4(7(9,10)11)1-5(3-12)13-6;/h1-2H,3,12H2;1H. The van der Waals surface area contributed by atoms with Crippen LogP contribution in [-0.4, -0.2) is 4.98 Å². The molecule has 1 heterocycles. The van der Waals surface area contributed by atoms with Crippen LogP contribution in [-0.2, 0) is 12.7 Å². The minimum Gasteiger partial charge on any atom is -0.325 e. The first-order chi connectivity index (χ1) is 5.93. The zero-order valence-corrected chi connectivity index (χ0v) is 8.38. The van der Waals surface area contributed by atoms with E-state index in [0.29, 0.717) is 0 Å². The molecular weight excluding hydrogens is 240 g/mol. The summed E-state index contributed by atoms with van der Waals surface area (Å²) in [4.78, 5) is 3.61. The van der Waals surface area contributed by atoms with E-state index >= 15 is 0 Å². The summed E-state index contributed by atoms with van der Waals surface area (Å²) in [7, 11) is 0. The summed E-state index contributed by atoms with van der Waals surface area (Å²) < 4.78 is 36.5. The van der Waals surface area contributed by atoms with Crippen molar-refractivity contribution in [3.8, 4) is 0 Å². The number of nitrogens with zero attached hydrogens (tertiary/aromatic N) is 1. The zero-order chi connectivity index (χ0) is 10.1. The summed E-state index contributed by atoms with van der Waals surface area (Å²) in [6.07, 6.45) is -4.41. The Hall–Kier alpha value is -0.520. The molecule has 0 bridgehead atoms. The minimum absolute atomic E-state index is 0. The van der Waals surface area contributed by atoms with E-state index in [1.807, 2.05) is 0 Å². The van der Waals surface area contributed by atoms with Gasteiger partial charge in [-0.15, -0.1) is 12.4 Å². The average molecular weight is 247 g/mol. The first kappa shape index (κ1) is 13.5. The number of rotatable bonds is 1. The van der Waals surface area contributed by atoms with Crippen molar-refractivity contribution in [1.29, 1.82) is 0 Å². The van der Waals surface area contributed by atoms with Crippen LogP contribution in [0.5, 0.6) is 0 Å². The zero-order valence-electron chi connectivity index (χ0n) is 6.81. The van der Waals surface area contributed by atoms with Gasteiger partial charge in [-0.3, -0.25) is 0 Å². The molecule has 0 unspecified atom stereocenters. The Morgan fingerprint density at radius 2 is 1.93 bits per heavy atom. The van der Waals surface area contributed by atoms with E-state index in [1.54, 1.807) is 0 Å². The second kappa shape index (κ2) is 4.82. The number of nitrogens with two attached hydrogens (primary N) is 1. The summed E-state index contributed by atoms with van der Waals surface area (Å²) in [5.74, 6) is 0. The molecular formula is C7H7Cl2F3N2. The van der Waals surface area contributed by atoms with E-state index < -0.39 is 11.7 Å². The van der Waals surface area contributed by atoms with Crippen LogP contribution in [0.3, 0.4) is 0 Å². The van der Waals surface area contributed by atoms with Crippen molar-refractivity contribution in [1.82, 2.24) is 4.98 Å². The lowest BCUT2D eigenvalue weighted by Crippen LogP contribution is -2.08. The number of pyridine rings is 1. The average Bonchev–Trinajstić information content (AvgIpc) is 2.01. The summed E-state index contributed by atoms with van der Waals surface area (Å²) in [6.45, 7) is -0.0658. The molecule has 0 aliphatic heterocycles. The molecule has 14 heavy (non-hydrogen) atoms. The molecule has 0 spiro atoms. The van der Waals surface area contributed by atoms with Gasteiger partial charge in [-0.2, -0.15) is 13.2 Å². The molecule has 0 atom stereocenters. The van der Waals surface area contributed by atoms with Gasteiger partial charge in [0.1, 0.15) is 5.15 Å². The summed E-state index contributed by atoms with van der Waals surface area (Å²) >= 11 is 5.37. The van der Waals surface area contributed by atoms with Crippen LogP contribution in [0.15, 0.2) is 12.1 Å². The predicted molar refractivity (Wildman–Crippen MR) is 49.4 cm³/mol. The molecule has 0 saturated heterocycles. The molecule has 0 aliphatic carbocycles. The Morgan fingerprint density at radius 1 is 1.36 bits per heavy atom. The number of halogens is 5. The van der Waals surface area contributed by atoms with Crippen LogP contribution in [0.2, 0.25) is 5.15 Å². The van der Waals surface area contributed by atoms with Crippen LogP contribution in [0.25, 0.3) is 0 Å². The van der Waals surface area contributed by atoms with Crippen molar-refractivity contribution >= 4 is 24.0 Å². The fourth-order valence-corrected chi connectivity index (χ4v) is 1.05. The highest BCUT2D eigenvalue weighted by Gasteiger charge is 2.31. The van der Waals surface area contributed by atoms with Gasteiger partial charge in [-0.1, -0.05) is 11.6 Å². The maximum atomic E-state index is 12.2. The fourth-order valence-electron chi connectivity index (χ4n) is 0.819. The molecule has 0 aliphatic rings.